The van der Waals surface area contributed by atoms with E-state index in [1.807, 2.05) is 6.07 Å². The average Bonchev–Trinajstić information content (AvgIpc) is 2.82. The lowest BCUT2D eigenvalue weighted by atomic mass is 10.3. The van der Waals surface area contributed by atoms with E-state index in [-0.39, 0.29) is 0 Å². The van der Waals surface area contributed by atoms with Gasteiger partial charge in [-0.2, -0.15) is 4.98 Å². The number of benzene rings is 1. The third kappa shape index (κ3) is 2.24. The van der Waals surface area contributed by atoms with E-state index in [9.17, 15) is 0 Å². The number of H-pyrrole nitrogens is 1. The van der Waals surface area contributed by atoms with Crippen molar-refractivity contribution in [1.29, 1.82) is 0 Å². The summed E-state index contributed by atoms with van der Waals surface area (Å²) in [6.07, 6.45) is 1.42. The molecule has 8 heteroatoms. The topological polar surface area (TPSA) is 65.0 Å². The van der Waals surface area contributed by atoms with Crippen molar-refractivity contribution < 1.29 is 9.47 Å². The van der Waals surface area contributed by atoms with E-state index in [0.29, 0.717) is 32.6 Å². The fourth-order valence-electron chi connectivity index (χ4n) is 2.09. The summed E-state index contributed by atoms with van der Waals surface area (Å²) >= 11 is 11.5. The first-order chi connectivity index (χ1) is 10.2. The van der Waals surface area contributed by atoms with Crippen LogP contribution in [0.25, 0.3) is 16.9 Å². The van der Waals surface area contributed by atoms with Gasteiger partial charge in [-0.15, -0.1) is 0 Å². The highest BCUT2D eigenvalue weighted by Crippen LogP contribution is 2.29. The maximum Gasteiger partial charge on any atom is 0.242 e. The predicted octanol–water partition coefficient (Wildman–Crippen LogP) is 3.15. The smallest absolute Gasteiger partial charge is 0.242 e. The van der Waals surface area contributed by atoms with E-state index in [2.05, 4.69) is 15.0 Å². The second kappa shape index (κ2) is 5.34. The maximum absolute atomic E-state index is 6.17. The van der Waals surface area contributed by atoms with Crippen molar-refractivity contribution >= 4 is 35.0 Å². The van der Waals surface area contributed by atoms with E-state index in [0.717, 1.165) is 5.69 Å². The van der Waals surface area contributed by atoms with E-state index in [4.69, 9.17) is 33.3 Å². The Morgan fingerprint density at radius 3 is 2.71 bits per heavy atom. The molecule has 0 unspecified atom stereocenters. The van der Waals surface area contributed by atoms with Crippen LogP contribution in [-0.4, -0.2) is 33.7 Å². The number of methoxy groups -OCH3 is 2. The van der Waals surface area contributed by atoms with Crippen molar-refractivity contribution in [3.05, 3.63) is 34.3 Å². The Morgan fingerprint density at radius 2 is 2.05 bits per heavy atom. The van der Waals surface area contributed by atoms with Crippen LogP contribution in [0.2, 0.25) is 5.02 Å². The molecule has 3 aromatic rings. The first-order valence-corrected chi connectivity index (χ1v) is 6.78. The Labute approximate surface area is 130 Å². The van der Waals surface area contributed by atoms with Crippen LogP contribution in [0.15, 0.2) is 24.5 Å². The Hall–Kier alpha value is -2.12. The third-order valence-corrected chi connectivity index (χ3v) is 3.61. The summed E-state index contributed by atoms with van der Waals surface area (Å²) in [7, 11) is 3.11. The zero-order chi connectivity index (χ0) is 15.0. The SMILES string of the molecule is COc1ccc(-n2c(=S)[nH]c3c(OC)ncnc32)cc1Cl. The van der Waals surface area contributed by atoms with Gasteiger partial charge in [-0.05, 0) is 30.4 Å². The molecule has 0 fully saturated rings. The largest absolute Gasteiger partial charge is 0.495 e. The summed E-state index contributed by atoms with van der Waals surface area (Å²) in [5.41, 5.74) is 2.03. The first kappa shape index (κ1) is 13.8. The molecule has 1 N–H and O–H groups in total. The molecule has 0 amide bonds. The molecule has 1 aromatic carbocycles. The number of ether oxygens (including phenoxy) is 2. The summed E-state index contributed by atoms with van der Waals surface area (Å²) in [4.78, 5) is 11.4. The number of nitrogens with one attached hydrogen (secondary N) is 1. The summed E-state index contributed by atoms with van der Waals surface area (Å²) in [6, 6.07) is 5.39. The molecule has 0 bridgehead atoms. The van der Waals surface area contributed by atoms with Crippen molar-refractivity contribution in [2.75, 3.05) is 14.2 Å². The van der Waals surface area contributed by atoms with Crippen molar-refractivity contribution in [3.8, 4) is 17.3 Å². The van der Waals surface area contributed by atoms with E-state index >= 15 is 0 Å². The van der Waals surface area contributed by atoms with E-state index < -0.39 is 0 Å². The van der Waals surface area contributed by atoms with Crippen molar-refractivity contribution in [1.82, 2.24) is 19.5 Å². The van der Waals surface area contributed by atoms with Gasteiger partial charge in [-0.3, -0.25) is 4.57 Å². The molecule has 0 aliphatic carbocycles. The molecule has 0 radical (unpaired) electrons. The molecule has 108 valence electrons. The molecule has 2 aromatic heterocycles. The third-order valence-electron chi connectivity index (χ3n) is 3.03. The van der Waals surface area contributed by atoms with Gasteiger partial charge in [0.25, 0.3) is 0 Å². The fourth-order valence-corrected chi connectivity index (χ4v) is 2.63. The van der Waals surface area contributed by atoms with E-state index in [1.165, 1.54) is 6.33 Å². The van der Waals surface area contributed by atoms with Gasteiger partial charge in [-0.1, -0.05) is 11.6 Å². The lowest BCUT2D eigenvalue weighted by molar-refractivity contribution is 0.401. The molecule has 0 spiro atoms. The minimum Gasteiger partial charge on any atom is -0.495 e. The second-order valence-corrected chi connectivity index (χ2v) is 4.96. The molecule has 21 heavy (non-hydrogen) atoms. The lowest BCUT2D eigenvalue weighted by Gasteiger charge is -2.07. The Morgan fingerprint density at radius 1 is 1.24 bits per heavy atom. The van der Waals surface area contributed by atoms with Crippen LogP contribution >= 0.6 is 23.8 Å². The van der Waals surface area contributed by atoms with Gasteiger partial charge in [0, 0.05) is 0 Å². The van der Waals surface area contributed by atoms with Gasteiger partial charge in [-0.25, -0.2) is 4.98 Å². The molecule has 0 saturated carbocycles. The highest BCUT2D eigenvalue weighted by Gasteiger charge is 2.13. The van der Waals surface area contributed by atoms with Gasteiger partial charge in [0.2, 0.25) is 5.88 Å². The number of imidazole rings is 1. The summed E-state index contributed by atoms with van der Waals surface area (Å²) in [5, 5.41) is 0.493. The van der Waals surface area contributed by atoms with Crippen LogP contribution in [0.4, 0.5) is 0 Å². The molecular formula is C13H11ClN4O2S. The number of aromatic nitrogens is 4. The Kier molecular flexibility index (Phi) is 3.52. The first-order valence-electron chi connectivity index (χ1n) is 5.99. The van der Waals surface area contributed by atoms with Crippen LogP contribution in [0, 0.1) is 4.77 Å². The number of hydrogen-bond donors (Lipinski definition) is 1. The van der Waals surface area contributed by atoms with Crippen LogP contribution in [-0.2, 0) is 0 Å². The van der Waals surface area contributed by atoms with Crippen molar-refractivity contribution in [2.24, 2.45) is 0 Å². The number of hydrogen-bond acceptors (Lipinski definition) is 5. The predicted molar refractivity (Wildman–Crippen MR) is 82.2 cm³/mol. The van der Waals surface area contributed by atoms with Gasteiger partial charge >= 0.3 is 0 Å². The Balaban J connectivity index is 2.28. The normalized spacial score (nSPS) is 10.8. The van der Waals surface area contributed by atoms with Gasteiger partial charge in [0.1, 0.15) is 17.6 Å². The number of aromatic amines is 1. The number of fused-ring (bicyclic) bond motifs is 1. The zero-order valence-corrected chi connectivity index (χ0v) is 12.8. The van der Waals surface area contributed by atoms with Crippen LogP contribution in [0.3, 0.4) is 0 Å². The van der Waals surface area contributed by atoms with Crippen molar-refractivity contribution in [2.45, 2.75) is 0 Å². The van der Waals surface area contributed by atoms with Crippen LogP contribution in [0.1, 0.15) is 0 Å². The summed E-state index contributed by atoms with van der Waals surface area (Å²) in [5.74, 6) is 1.03. The highest BCUT2D eigenvalue weighted by molar-refractivity contribution is 7.71. The number of halogens is 1. The monoisotopic (exact) mass is 322 g/mol. The molecular weight excluding hydrogens is 312 g/mol. The van der Waals surface area contributed by atoms with Crippen LogP contribution in [0.5, 0.6) is 11.6 Å². The molecule has 0 aliphatic heterocycles. The summed E-state index contributed by atoms with van der Waals surface area (Å²) < 4.78 is 12.6. The number of nitrogens with zero attached hydrogens (tertiary/aromatic N) is 3. The van der Waals surface area contributed by atoms with Gasteiger partial charge in [0.15, 0.2) is 10.4 Å². The fraction of sp³-hybridized carbons (Fsp3) is 0.154. The zero-order valence-electron chi connectivity index (χ0n) is 11.3. The summed E-state index contributed by atoms with van der Waals surface area (Å²) in [6.45, 7) is 0. The van der Waals surface area contributed by atoms with Gasteiger partial charge < -0.3 is 14.5 Å². The maximum atomic E-state index is 6.17. The molecule has 2 heterocycles. The molecule has 0 saturated heterocycles. The van der Waals surface area contributed by atoms with Crippen molar-refractivity contribution in [3.63, 3.8) is 0 Å². The molecule has 0 atom stereocenters. The minimum absolute atomic E-state index is 0.435. The van der Waals surface area contributed by atoms with E-state index in [1.54, 1.807) is 30.9 Å². The molecule has 6 nitrogen and oxygen atoms in total. The van der Waals surface area contributed by atoms with Crippen LogP contribution < -0.4 is 9.47 Å². The quantitative estimate of drug-likeness (QED) is 0.750. The van der Waals surface area contributed by atoms with Gasteiger partial charge in [0.05, 0.1) is 24.9 Å². The average molecular weight is 323 g/mol. The number of rotatable bonds is 3. The highest BCUT2D eigenvalue weighted by atomic mass is 35.5. The lowest BCUT2D eigenvalue weighted by Crippen LogP contribution is -1.97. The second-order valence-electron chi connectivity index (χ2n) is 4.17. The Bertz CT molecular complexity index is 874. The standard InChI is InChI=1S/C13H11ClN4O2S/c1-19-9-4-3-7(5-8(9)14)18-11-10(17-13(18)21)12(20-2)16-6-15-11/h3-6H,1-2H3,(H,17,21). The molecule has 0 aliphatic rings. The minimum atomic E-state index is 0.435. The molecule has 3 rings (SSSR count).